The van der Waals surface area contributed by atoms with Crippen LogP contribution in [-0.4, -0.2) is 30.2 Å². The van der Waals surface area contributed by atoms with Gasteiger partial charge in [-0.15, -0.1) is 0 Å². The SMILES string of the molecule is CC[C@H](C)[C@H](NCc1ccc(CCC(=O)OC)cc1)C(=O)O. The highest BCUT2D eigenvalue weighted by Gasteiger charge is 2.22. The number of aliphatic carboxylic acids is 1. The second-order valence-corrected chi connectivity index (χ2v) is 5.47. The fraction of sp³-hybridized carbons (Fsp3) is 0.529. The number of hydrogen-bond acceptors (Lipinski definition) is 4. The molecule has 2 atom stereocenters. The number of ether oxygens (including phenoxy) is 1. The molecule has 0 unspecified atom stereocenters. The summed E-state index contributed by atoms with van der Waals surface area (Å²) in [4.78, 5) is 22.3. The molecule has 0 aliphatic rings. The van der Waals surface area contributed by atoms with Crippen LogP contribution in [0.5, 0.6) is 0 Å². The highest BCUT2D eigenvalue weighted by molar-refractivity contribution is 5.73. The summed E-state index contributed by atoms with van der Waals surface area (Å²) in [6.45, 7) is 4.43. The maximum Gasteiger partial charge on any atom is 0.320 e. The van der Waals surface area contributed by atoms with Crippen molar-refractivity contribution in [3.05, 3.63) is 35.4 Å². The molecule has 2 N–H and O–H groups in total. The van der Waals surface area contributed by atoms with Gasteiger partial charge in [0.05, 0.1) is 7.11 Å². The molecule has 0 spiro atoms. The standard InChI is InChI=1S/C17H25NO4/c1-4-12(2)16(17(20)21)18-11-14-7-5-13(6-8-14)9-10-15(19)22-3/h5-8,12,16,18H,4,9-11H2,1-3H3,(H,20,21)/t12-,16-/m0/s1. The van der Waals surface area contributed by atoms with Gasteiger partial charge >= 0.3 is 11.9 Å². The van der Waals surface area contributed by atoms with Crippen LogP contribution < -0.4 is 5.32 Å². The maximum absolute atomic E-state index is 11.2. The molecule has 0 aromatic heterocycles. The molecular weight excluding hydrogens is 282 g/mol. The van der Waals surface area contributed by atoms with Gasteiger partial charge in [0.25, 0.3) is 0 Å². The number of aryl methyl sites for hydroxylation is 1. The summed E-state index contributed by atoms with van der Waals surface area (Å²) in [6.07, 6.45) is 1.82. The summed E-state index contributed by atoms with van der Waals surface area (Å²) in [5.74, 6) is -0.954. The number of carboxylic acid groups (broad SMARTS) is 1. The van der Waals surface area contributed by atoms with Crippen molar-refractivity contribution < 1.29 is 19.4 Å². The Morgan fingerprint density at radius 3 is 2.32 bits per heavy atom. The number of rotatable bonds is 9. The van der Waals surface area contributed by atoms with E-state index in [-0.39, 0.29) is 11.9 Å². The average molecular weight is 307 g/mol. The molecule has 5 nitrogen and oxygen atoms in total. The first-order valence-corrected chi connectivity index (χ1v) is 7.58. The van der Waals surface area contributed by atoms with Gasteiger partial charge in [0.15, 0.2) is 0 Å². The average Bonchev–Trinajstić information content (AvgIpc) is 2.53. The molecule has 5 heteroatoms. The summed E-state index contributed by atoms with van der Waals surface area (Å²) in [7, 11) is 1.38. The zero-order valence-corrected chi connectivity index (χ0v) is 13.5. The van der Waals surface area contributed by atoms with E-state index in [0.717, 1.165) is 17.5 Å². The van der Waals surface area contributed by atoms with Gasteiger partial charge in [-0.05, 0) is 23.5 Å². The summed E-state index contributed by atoms with van der Waals surface area (Å²) in [5, 5.41) is 12.3. The van der Waals surface area contributed by atoms with Crippen LogP contribution in [0.25, 0.3) is 0 Å². The Balaban J connectivity index is 2.53. The van der Waals surface area contributed by atoms with E-state index in [2.05, 4.69) is 10.1 Å². The Morgan fingerprint density at radius 1 is 1.23 bits per heavy atom. The number of carbonyl (C=O) groups is 2. The maximum atomic E-state index is 11.2. The number of carboxylic acids is 1. The Labute approximate surface area is 131 Å². The molecule has 0 heterocycles. The van der Waals surface area contributed by atoms with Gasteiger partial charge in [-0.1, -0.05) is 44.5 Å². The number of benzene rings is 1. The van der Waals surface area contributed by atoms with Crippen LogP contribution in [0.4, 0.5) is 0 Å². The van der Waals surface area contributed by atoms with Crippen molar-refractivity contribution in [3.63, 3.8) is 0 Å². The molecule has 1 rings (SSSR count). The van der Waals surface area contributed by atoms with Crippen LogP contribution in [0.3, 0.4) is 0 Å². The molecule has 0 bridgehead atoms. The third-order valence-corrected chi connectivity index (χ3v) is 3.87. The minimum absolute atomic E-state index is 0.0804. The van der Waals surface area contributed by atoms with Crippen molar-refractivity contribution in [1.82, 2.24) is 5.32 Å². The van der Waals surface area contributed by atoms with E-state index in [1.165, 1.54) is 7.11 Å². The van der Waals surface area contributed by atoms with Crippen molar-refractivity contribution in [1.29, 1.82) is 0 Å². The lowest BCUT2D eigenvalue weighted by atomic mass is 9.99. The van der Waals surface area contributed by atoms with Crippen LogP contribution in [0.15, 0.2) is 24.3 Å². The smallest absolute Gasteiger partial charge is 0.320 e. The van der Waals surface area contributed by atoms with E-state index in [4.69, 9.17) is 0 Å². The molecule has 122 valence electrons. The molecule has 1 aromatic rings. The van der Waals surface area contributed by atoms with Crippen LogP contribution >= 0.6 is 0 Å². The van der Waals surface area contributed by atoms with E-state index < -0.39 is 12.0 Å². The van der Waals surface area contributed by atoms with E-state index in [0.29, 0.717) is 19.4 Å². The van der Waals surface area contributed by atoms with Gasteiger partial charge in [-0.3, -0.25) is 9.59 Å². The molecule has 0 aliphatic carbocycles. The minimum atomic E-state index is -0.816. The third kappa shape index (κ3) is 5.85. The Kier molecular flexibility index (Phi) is 7.60. The Morgan fingerprint density at radius 2 is 1.82 bits per heavy atom. The van der Waals surface area contributed by atoms with E-state index in [1.807, 2.05) is 38.1 Å². The topological polar surface area (TPSA) is 75.6 Å². The highest BCUT2D eigenvalue weighted by atomic mass is 16.5. The number of carbonyl (C=O) groups excluding carboxylic acids is 1. The first-order valence-electron chi connectivity index (χ1n) is 7.58. The zero-order chi connectivity index (χ0) is 16.5. The fourth-order valence-electron chi connectivity index (χ4n) is 2.17. The molecule has 0 amide bonds. The predicted octanol–water partition coefficient (Wildman–Crippen LogP) is 2.38. The van der Waals surface area contributed by atoms with Crippen LogP contribution in [-0.2, 0) is 27.3 Å². The number of hydrogen-bond donors (Lipinski definition) is 2. The van der Waals surface area contributed by atoms with Crippen molar-refractivity contribution in [2.75, 3.05) is 7.11 Å². The summed E-state index contributed by atoms with van der Waals surface area (Å²) in [6, 6.07) is 7.28. The van der Waals surface area contributed by atoms with Gasteiger partial charge in [-0.2, -0.15) is 0 Å². The molecule has 22 heavy (non-hydrogen) atoms. The van der Waals surface area contributed by atoms with Gasteiger partial charge in [0.1, 0.15) is 6.04 Å². The monoisotopic (exact) mass is 307 g/mol. The normalized spacial score (nSPS) is 13.4. The quantitative estimate of drug-likeness (QED) is 0.685. The zero-order valence-electron chi connectivity index (χ0n) is 13.5. The number of esters is 1. The molecule has 0 saturated carbocycles. The van der Waals surface area contributed by atoms with E-state index >= 15 is 0 Å². The molecule has 0 saturated heterocycles. The summed E-state index contributed by atoms with van der Waals surface area (Å²) < 4.78 is 4.61. The minimum Gasteiger partial charge on any atom is -0.480 e. The van der Waals surface area contributed by atoms with E-state index in [9.17, 15) is 14.7 Å². The molecular formula is C17H25NO4. The second-order valence-electron chi connectivity index (χ2n) is 5.47. The highest BCUT2D eigenvalue weighted by Crippen LogP contribution is 2.11. The third-order valence-electron chi connectivity index (χ3n) is 3.87. The summed E-state index contributed by atoms with van der Waals surface area (Å²) >= 11 is 0. The van der Waals surface area contributed by atoms with Gasteiger partial charge in [-0.25, -0.2) is 0 Å². The van der Waals surface area contributed by atoms with Gasteiger partial charge < -0.3 is 15.2 Å². The van der Waals surface area contributed by atoms with Crippen molar-refractivity contribution >= 4 is 11.9 Å². The predicted molar refractivity (Wildman–Crippen MR) is 84.5 cm³/mol. The van der Waals surface area contributed by atoms with Crippen molar-refractivity contribution in [2.45, 2.75) is 45.7 Å². The largest absolute Gasteiger partial charge is 0.480 e. The Bertz CT molecular complexity index is 484. The molecule has 0 radical (unpaired) electrons. The second kappa shape index (κ2) is 9.20. The lowest BCUT2D eigenvalue weighted by Crippen LogP contribution is -2.41. The first kappa shape index (κ1) is 18.2. The van der Waals surface area contributed by atoms with E-state index in [1.54, 1.807) is 0 Å². The fourth-order valence-corrected chi connectivity index (χ4v) is 2.17. The molecule has 0 aliphatic heterocycles. The lowest BCUT2D eigenvalue weighted by molar-refractivity contribution is -0.141. The van der Waals surface area contributed by atoms with Crippen LogP contribution in [0, 0.1) is 5.92 Å². The van der Waals surface area contributed by atoms with Crippen LogP contribution in [0.2, 0.25) is 0 Å². The Hall–Kier alpha value is -1.88. The summed E-state index contributed by atoms with van der Waals surface area (Å²) in [5.41, 5.74) is 2.09. The number of methoxy groups -OCH3 is 1. The molecule has 1 aromatic carbocycles. The van der Waals surface area contributed by atoms with Gasteiger partial charge in [0, 0.05) is 13.0 Å². The lowest BCUT2D eigenvalue weighted by Gasteiger charge is -2.20. The first-order chi connectivity index (χ1) is 10.5. The van der Waals surface area contributed by atoms with Crippen LogP contribution in [0.1, 0.15) is 37.8 Å². The molecule has 0 fully saturated rings. The van der Waals surface area contributed by atoms with Crippen molar-refractivity contribution in [2.24, 2.45) is 5.92 Å². The van der Waals surface area contributed by atoms with Crippen molar-refractivity contribution in [3.8, 4) is 0 Å². The number of nitrogens with one attached hydrogen (secondary N) is 1. The van der Waals surface area contributed by atoms with Gasteiger partial charge in [0.2, 0.25) is 0 Å².